The second-order valence-electron chi connectivity index (χ2n) is 12.2. The maximum atomic E-state index is 12.5. The summed E-state index contributed by atoms with van der Waals surface area (Å²) in [5.74, 6) is 1.85. The Bertz CT molecular complexity index is 721. The van der Waals surface area contributed by atoms with Crippen molar-refractivity contribution in [2.75, 3.05) is 0 Å². The molecule has 0 spiro atoms. The first-order chi connectivity index (χ1) is 15.5. The van der Waals surface area contributed by atoms with Crippen LogP contribution in [0.25, 0.3) is 0 Å². The van der Waals surface area contributed by atoms with Gasteiger partial charge in [0, 0.05) is 5.41 Å². The SMILES string of the molecule is CCC(C)(C)C(=O)N1C(=O)C2CC3CCCC3CC21.CCC(C)(C)C(=O)OC1CCCCC1. The van der Waals surface area contributed by atoms with Crippen molar-refractivity contribution in [1.82, 2.24) is 4.90 Å². The molecule has 0 aromatic carbocycles. The van der Waals surface area contributed by atoms with E-state index in [1.807, 2.05) is 41.5 Å². The Morgan fingerprint density at radius 3 is 2.00 bits per heavy atom. The predicted octanol–water partition coefficient (Wildman–Crippen LogP) is 6.28. The molecule has 4 aliphatic rings. The number of β-lactam (4-membered cyclic amide) rings is 1. The average molecular weight is 462 g/mol. The highest BCUT2D eigenvalue weighted by molar-refractivity contribution is 6.04. The van der Waals surface area contributed by atoms with Crippen LogP contribution in [-0.2, 0) is 19.1 Å². The van der Waals surface area contributed by atoms with Crippen molar-refractivity contribution in [3.05, 3.63) is 0 Å². The third kappa shape index (κ3) is 5.65. The van der Waals surface area contributed by atoms with Gasteiger partial charge in [-0.05, 0) is 77.0 Å². The van der Waals surface area contributed by atoms with Gasteiger partial charge in [-0.25, -0.2) is 0 Å². The van der Waals surface area contributed by atoms with E-state index in [0.29, 0.717) is 0 Å². The number of carbonyl (C=O) groups excluding carboxylic acids is 3. The van der Waals surface area contributed by atoms with E-state index in [9.17, 15) is 14.4 Å². The number of esters is 1. The number of ether oxygens (including phenoxy) is 1. The van der Waals surface area contributed by atoms with Gasteiger partial charge in [0.1, 0.15) is 6.10 Å². The Morgan fingerprint density at radius 2 is 1.42 bits per heavy atom. The molecule has 4 unspecified atom stereocenters. The first-order valence-electron chi connectivity index (χ1n) is 13.6. The Labute approximate surface area is 201 Å². The van der Waals surface area contributed by atoms with Gasteiger partial charge in [-0.3, -0.25) is 19.3 Å². The monoisotopic (exact) mass is 461 g/mol. The van der Waals surface area contributed by atoms with Crippen molar-refractivity contribution in [2.45, 2.75) is 131 Å². The zero-order chi connectivity index (χ0) is 24.4. The third-order valence-corrected chi connectivity index (χ3v) is 9.21. The van der Waals surface area contributed by atoms with Crippen LogP contribution in [0.15, 0.2) is 0 Å². The molecule has 33 heavy (non-hydrogen) atoms. The van der Waals surface area contributed by atoms with Crippen LogP contribution >= 0.6 is 0 Å². The van der Waals surface area contributed by atoms with Crippen molar-refractivity contribution in [3.63, 3.8) is 0 Å². The summed E-state index contributed by atoms with van der Waals surface area (Å²) in [6.07, 6.45) is 13.7. The fourth-order valence-electron chi connectivity index (χ4n) is 5.87. The van der Waals surface area contributed by atoms with Crippen LogP contribution in [-0.4, -0.2) is 34.8 Å². The molecule has 1 saturated heterocycles. The van der Waals surface area contributed by atoms with Crippen molar-refractivity contribution < 1.29 is 19.1 Å². The zero-order valence-electron chi connectivity index (χ0n) is 22.0. The summed E-state index contributed by atoms with van der Waals surface area (Å²) in [6, 6.07) is 0.227. The molecule has 5 heteroatoms. The van der Waals surface area contributed by atoms with Crippen LogP contribution in [0.3, 0.4) is 0 Å². The van der Waals surface area contributed by atoms with Gasteiger partial charge in [-0.2, -0.15) is 0 Å². The lowest BCUT2D eigenvalue weighted by Gasteiger charge is -2.53. The van der Waals surface area contributed by atoms with Crippen molar-refractivity contribution >= 4 is 17.8 Å². The largest absolute Gasteiger partial charge is 0.462 e. The minimum atomic E-state index is -0.396. The maximum Gasteiger partial charge on any atom is 0.311 e. The van der Waals surface area contributed by atoms with Gasteiger partial charge in [0.15, 0.2) is 0 Å². The topological polar surface area (TPSA) is 63.7 Å². The summed E-state index contributed by atoms with van der Waals surface area (Å²) in [6.45, 7) is 11.9. The smallest absolute Gasteiger partial charge is 0.311 e. The van der Waals surface area contributed by atoms with Gasteiger partial charge in [0.05, 0.1) is 17.4 Å². The maximum absolute atomic E-state index is 12.5. The van der Waals surface area contributed by atoms with E-state index in [1.54, 1.807) is 4.90 Å². The molecule has 4 rings (SSSR count). The van der Waals surface area contributed by atoms with Crippen LogP contribution in [0.4, 0.5) is 0 Å². The van der Waals surface area contributed by atoms with Crippen molar-refractivity contribution in [1.29, 1.82) is 0 Å². The lowest BCUT2D eigenvalue weighted by molar-refractivity contribution is -0.176. The molecule has 0 radical (unpaired) electrons. The fraction of sp³-hybridized carbons (Fsp3) is 0.893. The number of hydrogen-bond donors (Lipinski definition) is 0. The lowest BCUT2D eigenvalue weighted by Crippen LogP contribution is -2.67. The number of hydrogen-bond acceptors (Lipinski definition) is 4. The quantitative estimate of drug-likeness (QED) is 0.357. The standard InChI is InChI=1S/C16H25NO2.C12H22O2/c1-4-16(2,3)15(19)17-13-9-11-7-5-6-10(11)8-12(13)14(17)18;1-4-12(2,3)11(13)14-10-8-6-5-7-9-10/h10-13H,4-9H2,1-3H3;10H,4-9H2,1-3H3. The van der Waals surface area contributed by atoms with E-state index in [-0.39, 0.29) is 41.3 Å². The summed E-state index contributed by atoms with van der Waals surface area (Å²) in [4.78, 5) is 38.2. The normalized spacial score (nSPS) is 29.9. The Hall–Kier alpha value is -1.39. The highest BCUT2D eigenvalue weighted by Gasteiger charge is 2.57. The summed E-state index contributed by atoms with van der Waals surface area (Å²) in [7, 11) is 0. The minimum Gasteiger partial charge on any atom is -0.462 e. The van der Waals surface area contributed by atoms with Gasteiger partial charge < -0.3 is 4.74 Å². The molecule has 4 fully saturated rings. The van der Waals surface area contributed by atoms with Crippen LogP contribution in [0.1, 0.15) is 119 Å². The summed E-state index contributed by atoms with van der Waals surface area (Å²) >= 11 is 0. The molecule has 188 valence electrons. The lowest BCUT2D eigenvalue weighted by atomic mass is 9.66. The van der Waals surface area contributed by atoms with Crippen LogP contribution in [0.5, 0.6) is 0 Å². The first kappa shape index (κ1) is 26.2. The number of likely N-dealkylation sites (tertiary alicyclic amines) is 1. The average Bonchev–Trinajstić information content (AvgIpc) is 3.27. The summed E-state index contributed by atoms with van der Waals surface area (Å²) in [5, 5.41) is 0. The molecule has 2 amide bonds. The highest BCUT2D eigenvalue weighted by Crippen LogP contribution is 2.51. The van der Waals surface area contributed by atoms with E-state index in [4.69, 9.17) is 4.74 Å². The number of fused-ring (bicyclic) bond motifs is 2. The Kier molecular flexibility index (Phi) is 8.32. The van der Waals surface area contributed by atoms with Gasteiger partial charge in [0.2, 0.25) is 11.8 Å². The number of amides is 2. The van der Waals surface area contributed by atoms with E-state index in [2.05, 4.69) is 0 Å². The minimum absolute atomic E-state index is 0.0214. The predicted molar refractivity (Wildman–Crippen MR) is 130 cm³/mol. The molecule has 0 aromatic heterocycles. The summed E-state index contributed by atoms with van der Waals surface area (Å²) in [5.41, 5.74) is -0.704. The van der Waals surface area contributed by atoms with Crippen LogP contribution in [0.2, 0.25) is 0 Å². The molecule has 1 aliphatic heterocycles. The molecule has 4 atom stereocenters. The number of imide groups is 1. The second kappa shape index (κ2) is 10.5. The molecule has 0 N–H and O–H groups in total. The van der Waals surface area contributed by atoms with E-state index >= 15 is 0 Å². The zero-order valence-corrected chi connectivity index (χ0v) is 22.0. The van der Waals surface area contributed by atoms with Crippen molar-refractivity contribution in [3.8, 4) is 0 Å². The number of carbonyl (C=O) groups is 3. The Morgan fingerprint density at radius 1 is 0.848 bits per heavy atom. The van der Waals surface area contributed by atoms with Gasteiger partial charge in [0.25, 0.3) is 0 Å². The molecular formula is C28H47NO4. The highest BCUT2D eigenvalue weighted by atomic mass is 16.5. The molecule has 3 aliphatic carbocycles. The number of rotatable bonds is 5. The van der Waals surface area contributed by atoms with Crippen LogP contribution in [0, 0.1) is 28.6 Å². The first-order valence-corrected chi connectivity index (χ1v) is 13.6. The van der Waals surface area contributed by atoms with Crippen molar-refractivity contribution in [2.24, 2.45) is 28.6 Å². The van der Waals surface area contributed by atoms with Gasteiger partial charge in [-0.15, -0.1) is 0 Å². The van der Waals surface area contributed by atoms with E-state index in [1.165, 1.54) is 38.5 Å². The molecule has 0 bridgehead atoms. The van der Waals surface area contributed by atoms with E-state index < -0.39 is 5.41 Å². The van der Waals surface area contributed by atoms with Crippen LogP contribution < -0.4 is 0 Å². The van der Waals surface area contributed by atoms with E-state index in [0.717, 1.165) is 50.4 Å². The molecule has 5 nitrogen and oxygen atoms in total. The molecule has 3 saturated carbocycles. The fourth-order valence-corrected chi connectivity index (χ4v) is 5.87. The molecule has 0 aromatic rings. The molecule has 1 heterocycles. The van der Waals surface area contributed by atoms with Gasteiger partial charge in [-0.1, -0.05) is 53.4 Å². The molecular weight excluding hydrogens is 414 g/mol. The third-order valence-electron chi connectivity index (χ3n) is 9.21. The second-order valence-corrected chi connectivity index (χ2v) is 12.2. The Balaban J connectivity index is 0.000000196. The number of nitrogens with zero attached hydrogens (tertiary/aromatic N) is 1. The van der Waals surface area contributed by atoms with Gasteiger partial charge >= 0.3 is 5.97 Å². The summed E-state index contributed by atoms with van der Waals surface area (Å²) < 4.78 is 5.51.